The van der Waals surface area contributed by atoms with Crippen LogP contribution in [0.3, 0.4) is 0 Å². The summed E-state index contributed by atoms with van der Waals surface area (Å²) in [6, 6.07) is 9.45. The Morgan fingerprint density at radius 2 is 2.05 bits per heavy atom. The lowest BCUT2D eigenvalue weighted by molar-refractivity contribution is 0.224. The van der Waals surface area contributed by atoms with Crippen LogP contribution in [0.2, 0.25) is 0 Å². The van der Waals surface area contributed by atoms with Crippen LogP contribution in [0.15, 0.2) is 34.9 Å². The Hall–Kier alpha value is -1.66. The number of aromatic nitrogens is 1. The van der Waals surface area contributed by atoms with Gasteiger partial charge in [-0.15, -0.1) is 0 Å². The van der Waals surface area contributed by atoms with Gasteiger partial charge >= 0.3 is 0 Å². The van der Waals surface area contributed by atoms with E-state index in [4.69, 9.17) is 8.71 Å². The zero-order valence-electron chi connectivity index (χ0n) is 11.0. The Morgan fingerprint density at radius 3 is 2.68 bits per heavy atom. The number of hydrogen-bond donors (Lipinski definition) is 0. The van der Waals surface area contributed by atoms with E-state index >= 15 is 0 Å². The Labute approximate surface area is 112 Å². The molecule has 0 aliphatic carbocycles. The highest BCUT2D eigenvalue weighted by Crippen LogP contribution is 2.25. The Morgan fingerprint density at radius 1 is 1.32 bits per heavy atom. The second-order valence-corrected chi connectivity index (χ2v) is 6.03. The number of benzene rings is 1. The van der Waals surface area contributed by atoms with Crippen molar-refractivity contribution < 1.29 is 17.1 Å². The normalized spacial score (nSPS) is 13.4. The molecule has 0 N–H and O–H groups in total. The Balaban J connectivity index is 2.24. The highest BCUT2D eigenvalue weighted by molar-refractivity contribution is 7.86. The van der Waals surface area contributed by atoms with Crippen LogP contribution in [0.1, 0.15) is 24.3 Å². The van der Waals surface area contributed by atoms with Gasteiger partial charge in [0.15, 0.2) is 5.76 Å². The van der Waals surface area contributed by atoms with Gasteiger partial charge in [-0.25, -0.2) is 0 Å². The quantitative estimate of drug-likeness (QED) is 0.806. The molecule has 19 heavy (non-hydrogen) atoms. The number of rotatable bonds is 4. The first-order valence-corrected chi connectivity index (χ1v) is 7.59. The van der Waals surface area contributed by atoms with E-state index in [0.29, 0.717) is 11.5 Å². The molecule has 0 fully saturated rings. The van der Waals surface area contributed by atoms with E-state index in [0.717, 1.165) is 17.4 Å². The third-order valence-electron chi connectivity index (χ3n) is 2.57. The summed E-state index contributed by atoms with van der Waals surface area (Å²) in [5.41, 5.74) is 2.45. The lowest BCUT2D eigenvalue weighted by atomic mass is 10.1. The average Bonchev–Trinajstić information content (AvgIpc) is 2.75. The fraction of sp³-hybridized carbons (Fsp3) is 0.308. The third kappa shape index (κ3) is 3.65. The summed E-state index contributed by atoms with van der Waals surface area (Å²) >= 11 is 0. The summed E-state index contributed by atoms with van der Waals surface area (Å²) in [6.45, 7) is 3.59. The van der Waals surface area contributed by atoms with Crippen molar-refractivity contribution in [2.75, 3.05) is 6.26 Å². The zero-order valence-corrected chi connectivity index (χ0v) is 11.8. The summed E-state index contributed by atoms with van der Waals surface area (Å²) < 4.78 is 32.2. The molecule has 0 spiro atoms. The van der Waals surface area contributed by atoms with Crippen molar-refractivity contribution >= 4 is 10.1 Å². The van der Waals surface area contributed by atoms with Gasteiger partial charge in [0, 0.05) is 11.6 Å². The minimum absolute atomic E-state index is 0.446. The van der Waals surface area contributed by atoms with Crippen LogP contribution in [0.4, 0.5) is 0 Å². The smallest absolute Gasteiger partial charge is 0.265 e. The average molecular weight is 281 g/mol. The molecule has 1 aromatic carbocycles. The molecule has 6 heteroatoms. The van der Waals surface area contributed by atoms with Gasteiger partial charge in [0.05, 0.1) is 6.26 Å². The van der Waals surface area contributed by atoms with Gasteiger partial charge in [-0.3, -0.25) is 4.18 Å². The molecule has 0 aliphatic heterocycles. The molecule has 0 radical (unpaired) electrons. The summed E-state index contributed by atoms with van der Waals surface area (Å²) in [5, 5.41) is 3.84. The standard InChI is InChI=1S/C13H15NO4S/c1-9-5-4-6-11(7-9)13-8-12(14-17-13)10(2)18-19(3,15)16/h4-8,10H,1-3H3/t10-/m0/s1. The predicted molar refractivity (Wildman–Crippen MR) is 71.0 cm³/mol. The van der Waals surface area contributed by atoms with Crippen LogP contribution in [-0.4, -0.2) is 19.8 Å². The van der Waals surface area contributed by atoms with Gasteiger partial charge in [-0.1, -0.05) is 28.9 Å². The molecule has 0 saturated carbocycles. The lowest BCUT2D eigenvalue weighted by Crippen LogP contribution is -2.07. The van der Waals surface area contributed by atoms with Crippen molar-refractivity contribution in [3.63, 3.8) is 0 Å². The number of hydrogen-bond acceptors (Lipinski definition) is 5. The minimum Gasteiger partial charge on any atom is -0.356 e. The van der Waals surface area contributed by atoms with Gasteiger partial charge in [0.2, 0.25) is 0 Å². The molecular formula is C13H15NO4S. The summed E-state index contributed by atoms with van der Waals surface area (Å²) in [7, 11) is -3.52. The maximum Gasteiger partial charge on any atom is 0.265 e. The molecule has 0 amide bonds. The molecule has 2 rings (SSSR count). The van der Waals surface area contributed by atoms with E-state index in [-0.39, 0.29) is 0 Å². The van der Waals surface area contributed by atoms with Gasteiger partial charge in [0.25, 0.3) is 10.1 Å². The van der Waals surface area contributed by atoms with E-state index in [1.165, 1.54) is 0 Å². The first-order chi connectivity index (χ1) is 8.85. The van der Waals surface area contributed by atoms with Crippen LogP contribution < -0.4 is 0 Å². The third-order valence-corrected chi connectivity index (χ3v) is 3.20. The molecular weight excluding hydrogens is 266 g/mol. The molecule has 0 bridgehead atoms. The Kier molecular flexibility index (Phi) is 3.73. The topological polar surface area (TPSA) is 69.4 Å². The van der Waals surface area contributed by atoms with Crippen molar-refractivity contribution in [2.45, 2.75) is 20.0 Å². The van der Waals surface area contributed by atoms with Crippen LogP contribution in [0.25, 0.3) is 11.3 Å². The fourth-order valence-corrected chi connectivity index (χ4v) is 2.35. The Bertz CT molecular complexity index is 675. The summed E-state index contributed by atoms with van der Waals surface area (Å²) in [4.78, 5) is 0. The zero-order chi connectivity index (χ0) is 14.0. The molecule has 0 aliphatic rings. The minimum atomic E-state index is -3.52. The first kappa shape index (κ1) is 13.8. The van der Waals surface area contributed by atoms with Crippen LogP contribution >= 0.6 is 0 Å². The molecule has 1 aromatic heterocycles. The maximum atomic E-state index is 11.1. The molecule has 5 nitrogen and oxygen atoms in total. The van der Waals surface area contributed by atoms with Crippen molar-refractivity contribution in [3.8, 4) is 11.3 Å². The first-order valence-electron chi connectivity index (χ1n) is 5.77. The van der Waals surface area contributed by atoms with Crippen LogP contribution in [0, 0.1) is 6.92 Å². The van der Waals surface area contributed by atoms with Gasteiger partial charge in [-0.05, 0) is 19.9 Å². The molecule has 2 aromatic rings. The van der Waals surface area contributed by atoms with Crippen molar-refractivity contribution in [1.29, 1.82) is 0 Å². The SMILES string of the molecule is Cc1cccc(-c2cc([C@H](C)OS(C)(=O)=O)no2)c1. The largest absolute Gasteiger partial charge is 0.356 e. The monoisotopic (exact) mass is 281 g/mol. The molecule has 1 heterocycles. The molecule has 102 valence electrons. The highest BCUT2D eigenvalue weighted by Gasteiger charge is 2.17. The van der Waals surface area contributed by atoms with Crippen LogP contribution in [0.5, 0.6) is 0 Å². The summed E-state index contributed by atoms with van der Waals surface area (Å²) in [6.07, 6.45) is 0.336. The van der Waals surface area contributed by atoms with Gasteiger partial charge in [0.1, 0.15) is 11.8 Å². The van der Waals surface area contributed by atoms with Crippen molar-refractivity contribution in [2.24, 2.45) is 0 Å². The van der Waals surface area contributed by atoms with E-state index in [2.05, 4.69) is 5.16 Å². The van der Waals surface area contributed by atoms with E-state index in [9.17, 15) is 8.42 Å². The van der Waals surface area contributed by atoms with Crippen molar-refractivity contribution in [3.05, 3.63) is 41.6 Å². The fourth-order valence-electron chi connectivity index (χ4n) is 1.73. The molecule has 0 unspecified atom stereocenters. The highest BCUT2D eigenvalue weighted by atomic mass is 32.2. The van der Waals surface area contributed by atoms with Crippen molar-refractivity contribution in [1.82, 2.24) is 5.16 Å². The van der Waals surface area contributed by atoms with Crippen LogP contribution in [-0.2, 0) is 14.3 Å². The number of aryl methyl sites for hydroxylation is 1. The number of nitrogens with zero attached hydrogens (tertiary/aromatic N) is 1. The maximum absolute atomic E-state index is 11.1. The van der Waals surface area contributed by atoms with E-state index in [1.807, 2.05) is 31.2 Å². The second kappa shape index (κ2) is 5.14. The summed E-state index contributed by atoms with van der Waals surface area (Å²) in [5.74, 6) is 0.586. The lowest BCUT2D eigenvalue weighted by Gasteiger charge is -2.06. The van der Waals surface area contributed by atoms with E-state index in [1.54, 1.807) is 13.0 Å². The second-order valence-electron chi connectivity index (χ2n) is 4.43. The van der Waals surface area contributed by atoms with Gasteiger partial charge < -0.3 is 4.52 Å². The van der Waals surface area contributed by atoms with Gasteiger partial charge in [-0.2, -0.15) is 8.42 Å². The molecule has 0 saturated heterocycles. The van der Waals surface area contributed by atoms with E-state index < -0.39 is 16.2 Å². The predicted octanol–water partition coefficient (Wildman–Crippen LogP) is 2.69. The molecule has 1 atom stereocenters.